The summed E-state index contributed by atoms with van der Waals surface area (Å²) in [5, 5.41) is 1.31. The molecule has 0 N–H and O–H groups in total. The monoisotopic (exact) mass is 479 g/mol. The number of rotatable bonds is 9. The van der Waals surface area contributed by atoms with Crippen molar-refractivity contribution in [2.75, 3.05) is 0 Å². The Morgan fingerprint density at radius 3 is 2.29 bits per heavy atom. The summed E-state index contributed by atoms with van der Waals surface area (Å²) >= 11 is 0. The van der Waals surface area contributed by atoms with Gasteiger partial charge in [-0.2, -0.15) is 0 Å². The van der Waals surface area contributed by atoms with Crippen LogP contribution in [-0.2, 0) is 11.8 Å². The third-order valence-corrected chi connectivity index (χ3v) is 8.60. The van der Waals surface area contributed by atoms with Gasteiger partial charge in [-0.05, 0) is 54.9 Å². The third-order valence-electron chi connectivity index (χ3n) is 6.49. The van der Waals surface area contributed by atoms with E-state index in [0.717, 1.165) is 17.9 Å². The van der Waals surface area contributed by atoms with Crippen LogP contribution >= 0.6 is 8.58 Å². The van der Waals surface area contributed by atoms with Gasteiger partial charge >= 0.3 is 0 Å². The lowest BCUT2D eigenvalue weighted by Gasteiger charge is -2.32. The van der Waals surface area contributed by atoms with Gasteiger partial charge in [-0.3, -0.25) is 4.99 Å². The summed E-state index contributed by atoms with van der Waals surface area (Å²) in [7, 11) is 0.584. The second kappa shape index (κ2) is 11.5. The molecule has 0 fully saturated rings. The van der Waals surface area contributed by atoms with E-state index < -0.39 is 0 Å². The first-order chi connectivity index (χ1) is 17.0. The molecule has 0 aliphatic heterocycles. The molecule has 0 bridgehead atoms. The number of ether oxygens (including phenoxy) is 1. The number of hydrogen-bond donors (Lipinski definition) is 0. The van der Waals surface area contributed by atoms with Crippen LogP contribution in [0.3, 0.4) is 0 Å². The molecule has 0 amide bonds. The molecule has 4 rings (SSSR count). The van der Waals surface area contributed by atoms with Crippen molar-refractivity contribution in [3.63, 3.8) is 0 Å². The maximum absolute atomic E-state index is 6.41. The highest BCUT2D eigenvalue weighted by Gasteiger charge is 2.30. The average molecular weight is 480 g/mol. The third kappa shape index (κ3) is 6.27. The van der Waals surface area contributed by atoms with Gasteiger partial charge in [0.15, 0.2) is 0 Å². The van der Waals surface area contributed by atoms with E-state index in [9.17, 15) is 0 Å². The van der Waals surface area contributed by atoms with Crippen LogP contribution in [0.2, 0.25) is 0 Å². The van der Waals surface area contributed by atoms with E-state index in [4.69, 9.17) is 9.73 Å². The highest BCUT2D eigenvalue weighted by molar-refractivity contribution is 7.49. The minimum absolute atomic E-state index is 0.0561. The van der Waals surface area contributed by atoms with Gasteiger partial charge in [0.1, 0.15) is 12.4 Å². The number of benzene rings is 4. The summed E-state index contributed by atoms with van der Waals surface area (Å²) in [6.45, 7) is 9.60. The van der Waals surface area contributed by atoms with E-state index in [0.29, 0.717) is 15.2 Å². The summed E-state index contributed by atoms with van der Waals surface area (Å²) in [6, 6.07) is 33.6. The summed E-state index contributed by atoms with van der Waals surface area (Å²) in [5.41, 5.74) is 7.18. The van der Waals surface area contributed by atoms with Crippen molar-refractivity contribution < 1.29 is 4.74 Å². The Kier molecular flexibility index (Phi) is 8.16. The zero-order chi connectivity index (χ0) is 24.7. The summed E-state index contributed by atoms with van der Waals surface area (Å²) in [5.74, 6) is 0.976. The lowest BCUT2D eigenvalue weighted by Crippen LogP contribution is -2.22. The Morgan fingerprint density at radius 1 is 0.857 bits per heavy atom. The highest BCUT2D eigenvalue weighted by Crippen LogP contribution is 2.48. The standard InChI is InChI=1S/C32H34NOP/c1-5-32(4,29-21-24(2)19-20-30(29)34-23-26-14-8-6-9-15-26)35-31-25(3)13-12-16-27(31)22-33-28-17-10-7-11-18-28/h6-22,35H,5,23H2,1-4H3/b33-22+. The van der Waals surface area contributed by atoms with Gasteiger partial charge in [-0.1, -0.05) is 107 Å². The lowest BCUT2D eigenvalue weighted by molar-refractivity contribution is 0.299. The molecule has 0 aliphatic carbocycles. The topological polar surface area (TPSA) is 21.6 Å². The Labute approximate surface area is 211 Å². The molecule has 0 aliphatic rings. The number of para-hydroxylation sites is 1. The van der Waals surface area contributed by atoms with Crippen LogP contribution in [0.25, 0.3) is 0 Å². The highest BCUT2D eigenvalue weighted by atomic mass is 31.1. The fraction of sp³-hybridized carbons (Fsp3) is 0.219. The van der Waals surface area contributed by atoms with Crippen LogP contribution in [0.1, 0.15) is 48.1 Å². The van der Waals surface area contributed by atoms with Crippen molar-refractivity contribution >= 4 is 25.8 Å². The molecule has 4 aromatic rings. The number of nitrogens with zero attached hydrogens (tertiary/aromatic N) is 1. The molecule has 4 aromatic carbocycles. The number of aryl methyl sites for hydroxylation is 2. The van der Waals surface area contributed by atoms with Gasteiger partial charge in [0.25, 0.3) is 0 Å². The summed E-state index contributed by atoms with van der Waals surface area (Å²) in [4.78, 5) is 4.76. The predicted molar refractivity (Wildman–Crippen MR) is 152 cm³/mol. The van der Waals surface area contributed by atoms with Crippen LogP contribution in [0.4, 0.5) is 5.69 Å². The Hall–Kier alpha value is -3.22. The van der Waals surface area contributed by atoms with Crippen molar-refractivity contribution in [3.8, 4) is 5.75 Å². The van der Waals surface area contributed by atoms with Gasteiger partial charge in [0.2, 0.25) is 0 Å². The SMILES string of the molecule is CCC(C)(Pc1c(C)cccc1/C=N/c1ccccc1)c1cc(C)ccc1OCc1ccccc1. The van der Waals surface area contributed by atoms with Gasteiger partial charge in [-0.25, -0.2) is 0 Å². The summed E-state index contributed by atoms with van der Waals surface area (Å²) in [6.07, 6.45) is 3.03. The molecule has 178 valence electrons. The molecule has 2 nitrogen and oxygen atoms in total. The molecule has 0 heterocycles. The van der Waals surface area contributed by atoms with Crippen molar-refractivity contribution in [3.05, 3.63) is 125 Å². The van der Waals surface area contributed by atoms with E-state index in [1.165, 1.54) is 33.1 Å². The molecule has 2 atom stereocenters. The molecule has 35 heavy (non-hydrogen) atoms. The van der Waals surface area contributed by atoms with Crippen molar-refractivity contribution in [2.24, 2.45) is 4.99 Å². The first-order valence-corrected chi connectivity index (χ1v) is 13.2. The van der Waals surface area contributed by atoms with E-state index in [2.05, 4.69) is 88.4 Å². The maximum atomic E-state index is 6.41. The molecule has 0 radical (unpaired) electrons. The molecular formula is C32H34NOP. The van der Waals surface area contributed by atoms with E-state index in [-0.39, 0.29) is 5.16 Å². The zero-order valence-electron chi connectivity index (χ0n) is 21.1. The molecule has 0 saturated carbocycles. The first kappa shape index (κ1) is 24.9. The second-order valence-electron chi connectivity index (χ2n) is 9.22. The van der Waals surface area contributed by atoms with Crippen LogP contribution in [0.5, 0.6) is 5.75 Å². The van der Waals surface area contributed by atoms with Crippen LogP contribution in [-0.4, -0.2) is 6.21 Å². The Bertz CT molecular complexity index is 1280. The molecule has 0 saturated heterocycles. The fourth-order valence-corrected chi connectivity index (χ4v) is 5.82. The van der Waals surface area contributed by atoms with Crippen LogP contribution < -0.4 is 10.0 Å². The van der Waals surface area contributed by atoms with Crippen molar-refractivity contribution in [2.45, 2.75) is 45.9 Å². The van der Waals surface area contributed by atoms with Gasteiger partial charge < -0.3 is 4.74 Å². The quantitative estimate of drug-likeness (QED) is 0.175. The number of aliphatic imine (C=N–C) groups is 1. The zero-order valence-corrected chi connectivity index (χ0v) is 22.1. The summed E-state index contributed by atoms with van der Waals surface area (Å²) < 4.78 is 6.41. The number of hydrogen-bond acceptors (Lipinski definition) is 2. The molecular weight excluding hydrogens is 445 g/mol. The van der Waals surface area contributed by atoms with Crippen LogP contribution in [0.15, 0.2) is 102 Å². The van der Waals surface area contributed by atoms with Crippen LogP contribution in [0, 0.1) is 13.8 Å². The van der Waals surface area contributed by atoms with Gasteiger partial charge in [0.05, 0.1) is 5.69 Å². The molecule has 0 spiro atoms. The molecule has 0 aromatic heterocycles. The van der Waals surface area contributed by atoms with E-state index in [1.54, 1.807) is 0 Å². The first-order valence-electron chi connectivity index (χ1n) is 12.2. The fourth-order valence-electron chi connectivity index (χ4n) is 4.19. The Balaban J connectivity index is 1.67. The lowest BCUT2D eigenvalue weighted by atomic mass is 9.94. The second-order valence-corrected chi connectivity index (χ2v) is 11.1. The van der Waals surface area contributed by atoms with Crippen molar-refractivity contribution in [1.29, 1.82) is 0 Å². The largest absolute Gasteiger partial charge is 0.489 e. The molecule has 2 unspecified atom stereocenters. The minimum atomic E-state index is -0.0561. The predicted octanol–water partition coefficient (Wildman–Crippen LogP) is 8.26. The maximum Gasteiger partial charge on any atom is 0.123 e. The average Bonchev–Trinajstić information content (AvgIpc) is 2.89. The van der Waals surface area contributed by atoms with Gasteiger partial charge in [0, 0.05) is 22.5 Å². The van der Waals surface area contributed by atoms with Gasteiger partial charge in [-0.15, -0.1) is 0 Å². The molecule has 3 heteroatoms. The van der Waals surface area contributed by atoms with E-state index >= 15 is 0 Å². The minimum Gasteiger partial charge on any atom is -0.489 e. The van der Waals surface area contributed by atoms with Crippen molar-refractivity contribution in [1.82, 2.24) is 0 Å². The Morgan fingerprint density at radius 2 is 1.57 bits per heavy atom. The van der Waals surface area contributed by atoms with E-state index in [1.807, 2.05) is 42.6 Å². The smallest absolute Gasteiger partial charge is 0.123 e. The normalized spacial score (nSPS) is 13.4.